The number of nitrogens with one attached hydrogen (secondary N) is 1. The highest BCUT2D eigenvalue weighted by molar-refractivity contribution is 5.03. The summed E-state index contributed by atoms with van der Waals surface area (Å²) >= 11 is 0. The molecule has 1 aliphatic carbocycles. The van der Waals surface area contributed by atoms with Crippen LogP contribution in [-0.2, 0) is 0 Å². The minimum Gasteiger partial charge on any atom is -0.311 e. The highest BCUT2D eigenvalue weighted by Gasteiger charge is 2.42. The molecular formula is C7H14N2. The number of hydrogen-bond acceptors (Lipinski definition) is 2. The molecule has 1 N–H and O–H groups in total. The van der Waals surface area contributed by atoms with E-state index in [9.17, 15) is 0 Å². The van der Waals surface area contributed by atoms with Crippen molar-refractivity contribution in [2.75, 3.05) is 19.6 Å². The molecule has 2 unspecified atom stereocenters. The molecule has 1 aliphatic heterocycles. The van der Waals surface area contributed by atoms with Crippen molar-refractivity contribution >= 4 is 0 Å². The Balaban J connectivity index is 1.93. The summed E-state index contributed by atoms with van der Waals surface area (Å²) in [5.41, 5.74) is 0. The van der Waals surface area contributed by atoms with E-state index in [0.29, 0.717) is 0 Å². The van der Waals surface area contributed by atoms with E-state index < -0.39 is 0 Å². The molecular weight excluding hydrogens is 112 g/mol. The summed E-state index contributed by atoms with van der Waals surface area (Å²) in [6, 6.07) is 1.77. The van der Waals surface area contributed by atoms with Gasteiger partial charge in [0, 0.05) is 25.2 Å². The van der Waals surface area contributed by atoms with Crippen molar-refractivity contribution in [2.45, 2.75) is 25.4 Å². The normalized spacial score (nSPS) is 42.3. The lowest BCUT2D eigenvalue weighted by molar-refractivity contribution is 0.240. The molecule has 0 bridgehead atoms. The predicted octanol–water partition coefficient (Wildman–Crippen LogP) is 0.0524. The van der Waals surface area contributed by atoms with Crippen molar-refractivity contribution in [3.8, 4) is 0 Å². The molecule has 2 nitrogen and oxygen atoms in total. The van der Waals surface area contributed by atoms with Gasteiger partial charge in [0.05, 0.1) is 0 Å². The SMILES string of the molecule is CCN1CCNC2CC21. The van der Waals surface area contributed by atoms with Gasteiger partial charge in [-0.15, -0.1) is 0 Å². The maximum absolute atomic E-state index is 3.48. The third kappa shape index (κ3) is 0.864. The molecule has 2 fully saturated rings. The predicted molar refractivity (Wildman–Crippen MR) is 37.4 cm³/mol. The van der Waals surface area contributed by atoms with E-state index in [2.05, 4.69) is 17.1 Å². The Morgan fingerprint density at radius 1 is 1.67 bits per heavy atom. The zero-order valence-electron chi connectivity index (χ0n) is 5.93. The van der Waals surface area contributed by atoms with Gasteiger partial charge in [-0.1, -0.05) is 6.92 Å². The molecule has 2 atom stereocenters. The van der Waals surface area contributed by atoms with Gasteiger partial charge >= 0.3 is 0 Å². The van der Waals surface area contributed by atoms with Crippen LogP contribution in [0.4, 0.5) is 0 Å². The first kappa shape index (κ1) is 5.69. The molecule has 1 heterocycles. The lowest BCUT2D eigenvalue weighted by atomic mass is 10.4. The number of nitrogens with zero attached hydrogens (tertiary/aromatic N) is 1. The quantitative estimate of drug-likeness (QED) is 0.534. The van der Waals surface area contributed by atoms with Gasteiger partial charge in [-0.05, 0) is 13.0 Å². The highest BCUT2D eigenvalue weighted by Crippen LogP contribution is 2.29. The van der Waals surface area contributed by atoms with Crippen LogP contribution in [0.25, 0.3) is 0 Å². The van der Waals surface area contributed by atoms with Crippen molar-refractivity contribution in [2.24, 2.45) is 0 Å². The van der Waals surface area contributed by atoms with Crippen molar-refractivity contribution in [1.29, 1.82) is 0 Å². The number of rotatable bonds is 1. The average Bonchev–Trinajstić information content (AvgIpc) is 2.64. The summed E-state index contributed by atoms with van der Waals surface area (Å²) < 4.78 is 0. The van der Waals surface area contributed by atoms with E-state index in [1.165, 1.54) is 26.1 Å². The smallest absolute Gasteiger partial charge is 0.0265 e. The second-order valence-electron chi connectivity index (χ2n) is 2.99. The molecule has 9 heavy (non-hydrogen) atoms. The van der Waals surface area contributed by atoms with E-state index in [1.807, 2.05) is 0 Å². The van der Waals surface area contributed by atoms with Crippen LogP contribution < -0.4 is 5.32 Å². The van der Waals surface area contributed by atoms with Gasteiger partial charge in [0.2, 0.25) is 0 Å². The summed E-state index contributed by atoms with van der Waals surface area (Å²) in [5, 5.41) is 3.48. The van der Waals surface area contributed by atoms with Crippen LogP contribution in [0, 0.1) is 0 Å². The zero-order chi connectivity index (χ0) is 6.27. The van der Waals surface area contributed by atoms with Gasteiger partial charge in [-0.3, -0.25) is 4.90 Å². The minimum atomic E-state index is 0.860. The third-order valence-corrected chi connectivity index (χ3v) is 2.44. The molecule has 0 spiro atoms. The van der Waals surface area contributed by atoms with Crippen molar-refractivity contribution in [1.82, 2.24) is 10.2 Å². The van der Waals surface area contributed by atoms with Crippen LogP contribution in [0.5, 0.6) is 0 Å². The largest absolute Gasteiger partial charge is 0.311 e. The van der Waals surface area contributed by atoms with Gasteiger partial charge in [0.25, 0.3) is 0 Å². The first-order chi connectivity index (χ1) is 4.42. The topological polar surface area (TPSA) is 15.3 Å². The Morgan fingerprint density at radius 3 is 3.22 bits per heavy atom. The van der Waals surface area contributed by atoms with Gasteiger partial charge in [-0.2, -0.15) is 0 Å². The zero-order valence-corrected chi connectivity index (χ0v) is 5.93. The Morgan fingerprint density at radius 2 is 2.56 bits per heavy atom. The van der Waals surface area contributed by atoms with Crippen LogP contribution in [0.1, 0.15) is 13.3 Å². The first-order valence-corrected chi connectivity index (χ1v) is 3.89. The fraction of sp³-hybridized carbons (Fsp3) is 1.00. The second-order valence-corrected chi connectivity index (χ2v) is 2.99. The summed E-state index contributed by atoms with van der Waals surface area (Å²) in [5.74, 6) is 0. The maximum atomic E-state index is 3.48. The standard InChI is InChI=1S/C7H14N2/c1-2-9-4-3-8-6-5-7(6)9/h6-8H,2-5H2,1H3. The Labute approximate surface area is 56.2 Å². The molecule has 52 valence electrons. The molecule has 1 saturated heterocycles. The molecule has 0 amide bonds. The van der Waals surface area contributed by atoms with Crippen molar-refractivity contribution in [3.63, 3.8) is 0 Å². The molecule has 0 aromatic carbocycles. The van der Waals surface area contributed by atoms with Crippen LogP contribution >= 0.6 is 0 Å². The Hall–Kier alpha value is -0.0800. The number of fused-ring (bicyclic) bond motifs is 1. The summed E-state index contributed by atoms with van der Waals surface area (Å²) in [6.45, 7) is 5.95. The van der Waals surface area contributed by atoms with Crippen LogP contribution in [0.2, 0.25) is 0 Å². The van der Waals surface area contributed by atoms with Gasteiger partial charge < -0.3 is 5.32 Å². The molecule has 1 saturated carbocycles. The highest BCUT2D eigenvalue weighted by atomic mass is 15.3. The van der Waals surface area contributed by atoms with Crippen LogP contribution in [0.3, 0.4) is 0 Å². The molecule has 0 aromatic heterocycles. The maximum Gasteiger partial charge on any atom is 0.0265 e. The third-order valence-electron chi connectivity index (χ3n) is 2.44. The van der Waals surface area contributed by atoms with E-state index in [0.717, 1.165) is 12.1 Å². The van der Waals surface area contributed by atoms with E-state index in [-0.39, 0.29) is 0 Å². The summed E-state index contributed by atoms with van der Waals surface area (Å²) in [4.78, 5) is 2.57. The fourth-order valence-corrected chi connectivity index (χ4v) is 1.76. The number of piperazine rings is 1. The molecule has 0 radical (unpaired) electrons. The van der Waals surface area contributed by atoms with Gasteiger partial charge in [0.1, 0.15) is 0 Å². The monoisotopic (exact) mass is 126 g/mol. The lowest BCUT2D eigenvalue weighted by Crippen LogP contribution is -2.43. The first-order valence-electron chi connectivity index (χ1n) is 3.89. The molecule has 0 aromatic rings. The van der Waals surface area contributed by atoms with Crippen LogP contribution in [-0.4, -0.2) is 36.6 Å². The Kier molecular flexibility index (Phi) is 1.24. The summed E-state index contributed by atoms with van der Waals surface area (Å²) in [7, 11) is 0. The molecule has 2 aliphatic rings. The van der Waals surface area contributed by atoms with Gasteiger partial charge in [-0.25, -0.2) is 0 Å². The fourth-order valence-electron chi connectivity index (χ4n) is 1.76. The van der Waals surface area contributed by atoms with E-state index in [4.69, 9.17) is 0 Å². The van der Waals surface area contributed by atoms with Crippen molar-refractivity contribution in [3.05, 3.63) is 0 Å². The van der Waals surface area contributed by atoms with Crippen LogP contribution in [0.15, 0.2) is 0 Å². The summed E-state index contributed by atoms with van der Waals surface area (Å²) in [6.07, 6.45) is 1.40. The van der Waals surface area contributed by atoms with Crippen molar-refractivity contribution < 1.29 is 0 Å². The minimum absolute atomic E-state index is 0.860. The lowest BCUT2D eigenvalue weighted by Gasteiger charge is -2.25. The number of hydrogen-bond donors (Lipinski definition) is 1. The molecule has 2 heteroatoms. The molecule has 2 rings (SSSR count). The average molecular weight is 126 g/mol. The van der Waals surface area contributed by atoms with E-state index in [1.54, 1.807) is 0 Å². The second kappa shape index (κ2) is 1.96. The van der Waals surface area contributed by atoms with Gasteiger partial charge in [0.15, 0.2) is 0 Å². The number of likely N-dealkylation sites (N-methyl/N-ethyl adjacent to an activating group) is 1. The van der Waals surface area contributed by atoms with E-state index >= 15 is 0 Å². The Bertz CT molecular complexity index is 113.